The van der Waals surface area contributed by atoms with E-state index in [1.807, 2.05) is 52.3 Å². The molecule has 1 saturated carbocycles. The molecule has 2 aromatic heterocycles. The molecule has 1 aliphatic carbocycles. The van der Waals surface area contributed by atoms with Crippen molar-refractivity contribution in [1.82, 2.24) is 9.88 Å². The Labute approximate surface area is 185 Å². The molecule has 2 unspecified atom stereocenters. The van der Waals surface area contributed by atoms with Crippen LogP contribution in [0.1, 0.15) is 34.4 Å². The summed E-state index contributed by atoms with van der Waals surface area (Å²) >= 11 is 1.73. The summed E-state index contributed by atoms with van der Waals surface area (Å²) in [6, 6.07) is 16.2. The molecule has 3 heterocycles. The van der Waals surface area contributed by atoms with Gasteiger partial charge in [0.25, 0.3) is 0 Å². The lowest BCUT2D eigenvalue weighted by Gasteiger charge is -2.34. The number of anilines is 1. The summed E-state index contributed by atoms with van der Waals surface area (Å²) in [4.78, 5) is 22.5. The number of carbonyl (C=O) groups is 1. The summed E-state index contributed by atoms with van der Waals surface area (Å²) in [6.07, 6.45) is 4.64. The summed E-state index contributed by atoms with van der Waals surface area (Å²) in [7, 11) is 0. The first-order chi connectivity index (χ1) is 15.2. The Kier molecular flexibility index (Phi) is 5.31. The Morgan fingerprint density at radius 3 is 2.65 bits per heavy atom. The van der Waals surface area contributed by atoms with E-state index in [1.54, 1.807) is 17.4 Å². The third-order valence-electron chi connectivity index (χ3n) is 5.84. The van der Waals surface area contributed by atoms with E-state index in [1.165, 1.54) is 4.88 Å². The number of thiophene rings is 1. The second-order valence-corrected chi connectivity index (χ2v) is 8.82. The van der Waals surface area contributed by atoms with Gasteiger partial charge in [0.2, 0.25) is 23.4 Å². The van der Waals surface area contributed by atoms with E-state index >= 15 is 0 Å². The van der Waals surface area contributed by atoms with Gasteiger partial charge in [-0.25, -0.2) is 0 Å². The molecule has 3 aromatic rings. The second kappa shape index (κ2) is 8.40. The Morgan fingerprint density at radius 1 is 1.13 bits per heavy atom. The zero-order valence-corrected chi connectivity index (χ0v) is 17.8. The van der Waals surface area contributed by atoms with Gasteiger partial charge in [0, 0.05) is 49.0 Å². The van der Waals surface area contributed by atoms with Gasteiger partial charge >= 0.3 is 0 Å². The smallest absolute Gasteiger partial charge is 0.235 e. The summed E-state index contributed by atoms with van der Waals surface area (Å²) in [6.45, 7) is 2.53. The fraction of sp³-hybridized carbons (Fsp3) is 0.292. The molecule has 2 aliphatic rings. The molecule has 0 bridgehead atoms. The van der Waals surface area contributed by atoms with Crippen LogP contribution in [0.15, 0.2) is 52.3 Å². The van der Waals surface area contributed by atoms with Crippen LogP contribution >= 0.6 is 11.3 Å². The quantitative estimate of drug-likeness (QED) is 0.606. The van der Waals surface area contributed by atoms with Gasteiger partial charge in [-0.3, -0.25) is 4.79 Å². The molecule has 1 saturated heterocycles. The van der Waals surface area contributed by atoms with Crippen LogP contribution in [0.2, 0.25) is 0 Å². The normalized spacial score (nSPS) is 20.7. The van der Waals surface area contributed by atoms with Crippen LogP contribution in [-0.2, 0) is 4.79 Å². The molecule has 1 aromatic carbocycles. The van der Waals surface area contributed by atoms with E-state index in [9.17, 15) is 10.1 Å². The van der Waals surface area contributed by atoms with Crippen molar-refractivity contribution in [2.75, 3.05) is 31.1 Å². The number of benzene rings is 1. The average molecular weight is 431 g/mol. The monoisotopic (exact) mass is 430 g/mol. The minimum absolute atomic E-state index is 0.125. The fourth-order valence-electron chi connectivity index (χ4n) is 4.07. The van der Waals surface area contributed by atoms with Gasteiger partial charge in [0.05, 0.1) is 0 Å². The number of amides is 1. The number of oxazole rings is 1. The summed E-state index contributed by atoms with van der Waals surface area (Å²) in [5.74, 6) is 1.67. The van der Waals surface area contributed by atoms with Crippen molar-refractivity contribution in [3.8, 4) is 6.07 Å². The first kappa shape index (κ1) is 19.6. The van der Waals surface area contributed by atoms with Crippen LogP contribution < -0.4 is 4.90 Å². The summed E-state index contributed by atoms with van der Waals surface area (Å²) < 4.78 is 5.89. The Hall–Kier alpha value is -3.37. The topological polar surface area (TPSA) is 73.4 Å². The minimum Gasteiger partial charge on any atom is -0.420 e. The Balaban J connectivity index is 1.21. The van der Waals surface area contributed by atoms with Gasteiger partial charge in [0.1, 0.15) is 6.07 Å². The van der Waals surface area contributed by atoms with E-state index < -0.39 is 0 Å². The van der Waals surface area contributed by atoms with Crippen molar-refractivity contribution in [3.63, 3.8) is 0 Å². The van der Waals surface area contributed by atoms with E-state index in [-0.39, 0.29) is 17.5 Å². The highest BCUT2D eigenvalue weighted by atomic mass is 32.1. The Morgan fingerprint density at radius 2 is 1.94 bits per heavy atom. The molecule has 1 amide bonds. The highest BCUT2D eigenvalue weighted by molar-refractivity contribution is 7.10. The van der Waals surface area contributed by atoms with Crippen LogP contribution in [0.25, 0.3) is 12.2 Å². The predicted octanol–water partition coefficient (Wildman–Crippen LogP) is 4.23. The van der Waals surface area contributed by atoms with Crippen molar-refractivity contribution in [3.05, 3.63) is 69.9 Å². The van der Waals surface area contributed by atoms with Gasteiger partial charge < -0.3 is 14.2 Å². The maximum atomic E-state index is 12.9. The number of aromatic nitrogens is 1. The van der Waals surface area contributed by atoms with Crippen LogP contribution in [0, 0.1) is 17.2 Å². The zero-order valence-electron chi connectivity index (χ0n) is 17.0. The zero-order chi connectivity index (χ0) is 21.2. The Bertz CT molecular complexity index is 1120. The molecular formula is C24H22N4O2S. The van der Waals surface area contributed by atoms with E-state index in [0.717, 1.165) is 12.0 Å². The molecule has 2 atom stereocenters. The molecule has 1 aliphatic heterocycles. The average Bonchev–Trinajstić information content (AvgIpc) is 3.23. The lowest BCUT2D eigenvalue weighted by Crippen LogP contribution is -2.49. The van der Waals surface area contributed by atoms with Crippen molar-refractivity contribution >= 4 is 35.3 Å². The number of piperazine rings is 1. The van der Waals surface area contributed by atoms with Crippen LogP contribution in [0.4, 0.5) is 5.88 Å². The molecule has 7 heteroatoms. The number of hydrogen-bond acceptors (Lipinski definition) is 6. The van der Waals surface area contributed by atoms with Crippen molar-refractivity contribution < 1.29 is 9.21 Å². The molecule has 6 nitrogen and oxygen atoms in total. The van der Waals surface area contributed by atoms with E-state index in [2.05, 4.69) is 22.5 Å². The lowest BCUT2D eigenvalue weighted by atomic mass is 10.2. The van der Waals surface area contributed by atoms with E-state index in [4.69, 9.17) is 4.42 Å². The minimum atomic E-state index is 0.125. The lowest BCUT2D eigenvalue weighted by molar-refractivity contribution is -0.133. The first-order valence-electron chi connectivity index (χ1n) is 10.4. The highest BCUT2D eigenvalue weighted by Gasteiger charge is 2.46. The molecule has 2 fully saturated rings. The molecule has 156 valence electrons. The molecule has 0 radical (unpaired) electrons. The highest BCUT2D eigenvalue weighted by Crippen LogP contribution is 2.50. The third kappa shape index (κ3) is 4.12. The summed E-state index contributed by atoms with van der Waals surface area (Å²) in [5, 5.41) is 11.6. The van der Waals surface area contributed by atoms with E-state index in [0.29, 0.717) is 43.9 Å². The number of rotatable bonds is 5. The number of carbonyl (C=O) groups excluding carboxylic acids is 1. The number of nitriles is 1. The molecule has 5 rings (SSSR count). The van der Waals surface area contributed by atoms with Crippen LogP contribution in [0.3, 0.4) is 0 Å². The van der Waals surface area contributed by atoms with Gasteiger partial charge in [0.15, 0.2) is 0 Å². The molecular weight excluding hydrogens is 408 g/mol. The van der Waals surface area contributed by atoms with Gasteiger partial charge in [-0.2, -0.15) is 10.2 Å². The predicted molar refractivity (Wildman–Crippen MR) is 121 cm³/mol. The summed E-state index contributed by atoms with van der Waals surface area (Å²) in [5.41, 5.74) is 1.32. The van der Waals surface area contributed by atoms with Crippen molar-refractivity contribution in [1.29, 1.82) is 5.26 Å². The third-order valence-corrected chi connectivity index (χ3v) is 6.85. The maximum absolute atomic E-state index is 12.9. The molecule has 31 heavy (non-hydrogen) atoms. The second-order valence-electron chi connectivity index (χ2n) is 7.84. The van der Waals surface area contributed by atoms with Crippen molar-refractivity contribution in [2.24, 2.45) is 5.92 Å². The van der Waals surface area contributed by atoms with Crippen LogP contribution in [-0.4, -0.2) is 42.0 Å². The first-order valence-corrected chi connectivity index (χ1v) is 11.3. The number of nitrogens with zero attached hydrogens (tertiary/aromatic N) is 4. The van der Waals surface area contributed by atoms with Gasteiger partial charge in [-0.1, -0.05) is 36.4 Å². The molecule has 0 spiro atoms. The van der Waals surface area contributed by atoms with Crippen molar-refractivity contribution in [2.45, 2.75) is 12.3 Å². The molecule has 0 N–H and O–H groups in total. The van der Waals surface area contributed by atoms with Gasteiger partial charge in [-0.15, -0.1) is 11.3 Å². The SMILES string of the molecule is N#Cc1nc(C=Cc2ccccc2)oc1N1CCN(C(=O)C2CC2c2cccs2)CC1. The standard InChI is InChI=1S/C24H22N4O2S/c25-16-20-24(30-22(26-20)9-8-17-5-2-1-3-6-17)28-12-10-27(11-13-28)23(29)19-15-18(19)21-7-4-14-31-21/h1-9,14,18-19H,10-13,15H2. The maximum Gasteiger partial charge on any atom is 0.235 e. The van der Waals surface area contributed by atoms with Gasteiger partial charge in [-0.05, 0) is 29.5 Å². The number of hydrogen-bond donors (Lipinski definition) is 0. The fourth-order valence-corrected chi connectivity index (χ4v) is 4.97. The van der Waals surface area contributed by atoms with Crippen LogP contribution in [0.5, 0.6) is 0 Å². The largest absolute Gasteiger partial charge is 0.420 e.